The zero-order valence-corrected chi connectivity index (χ0v) is 20.6. The first-order chi connectivity index (χ1) is 17.5. The number of carbonyl (C=O) groups is 2. The molecule has 6 nitrogen and oxygen atoms in total. The minimum absolute atomic E-state index is 0.0341. The molecule has 36 heavy (non-hydrogen) atoms. The van der Waals surface area contributed by atoms with Crippen molar-refractivity contribution in [3.8, 4) is 0 Å². The highest BCUT2D eigenvalue weighted by Crippen LogP contribution is 2.48. The summed E-state index contributed by atoms with van der Waals surface area (Å²) in [5.74, 6) is 0.0723. The molecule has 1 unspecified atom stereocenters. The van der Waals surface area contributed by atoms with Crippen LogP contribution in [0.3, 0.4) is 0 Å². The lowest BCUT2D eigenvalue weighted by atomic mass is 10.1. The molecular formula is C30H30N4O2. The number of nitrogens with one attached hydrogen (secondary N) is 2. The van der Waals surface area contributed by atoms with Gasteiger partial charge in [-0.25, -0.2) is 0 Å². The first kappa shape index (κ1) is 23.7. The molecule has 1 aliphatic rings. The second-order valence-corrected chi connectivity index (χ2v) is 9.73. The highest BCUT2D eigenvalue weighted by Gasteiger charge is 2.43. The average molecular weight is 479 g/mol. The van der Waals surface area contributed by atoms with Crippen molar-refractivity contribution in [3.05, 3.63) is 107 Å². The van der Waals surface area contributed by atoms with Crippen LogP contribution in [0.2, 0.25) is 0 Å². The minimum Gasteiger partial charge on any atom is -0.348 e. The average Bonchev–Trinajstić information content (AvgIpc) is 3.69. The normalized spacial score (nSPS) is 16.6. The zero-order chi connectivity index (χ0) is 25.1. The third-order valence-electron chi connectivity index (χ3n) is 6.61. The number of nitrogens with zero attached hydrogens (tertiary/aromatic N) is 2. The van der Waals surface area contributed by atoms with Crippen molar-refractivity contribution in [2.75, 3.05) is 19.4 Å². The third-order valence-corrected chi connectivity index (χ3v) is 6.61. The number of pyridine rings is 1. The Morgan fingerprint density at radius 2 is 1.67 bits per heavy atom. The van der Waals surface area contributed by atoms with Gasteiger partial charge in [0, 0.05) is 48.0 Å². The van der Waals surface area contributed by atoms with Crippen LogP contribution in [0.4, 0.5) is 5.69 Å². The molecule has 2 amide bonds. The Hall–Kier alpha value is -4.03. The van der Waals surface area contributed by atoms with E-state index in [2.05, 4.69) is 44.8 Å². The van der Waals surface area contributed by atoms with Crippen LogP contribution in [-0.2, 0) is 17.9 Å². The standard InChI is InChI=1S/C30H30N4O2/c1-34(2)19-21-5-3-20(4-6-21)17-32-29(35)23-9-7-22(8-10-23)27-16-28(27)30(36)33-26-12-11-25-18-31-14-13-24(25)15-26/h3-15,18,27-28H,16-17,19H2,1-2H3,(H,32,35)(H,33,36)/t27?,28-/m1/s1. The molecule has 1 aromatic heterocycles. The molecule has 2 N–H and O–H groups in total. The van der Waals surface area contributed by atoms with E-state index in [-0.39, 0.29) is 23.7 Å². The Morgan fingerprint density at radius 3 is 2.42 bits per heavy atom. The van der Waals surface area contributed by atoms with Gasteiger partial charge in [0.1, 0.15) is 0 Å². The van der Waals surface area contributed by atoms with Crippen LogP contribution in [0.25, 0.3) is 10.8 Å². The summed E-state index contributed by atoms with van der Waals surface area (Å²) in [5.41, 5.74) is 4.82. The lowest BCUT2D eigenvalue weighted by Gasteiger charge is -2.11. The van der Waals surface area contributed by atoms with Gasteiger partial charge in [0.15, 0.2) is 0 Å². The molecule has 3 aromatic carbocycles. The van der Waals surface area contributed by atoms with Crippen molar-refractivity contribution in [1.29, 1.82) is 0 Å². The summed E-state index contributed by atoms with van der Waals surface area (Å²) in [5, 5.41) is 8.12. The Kier molecular flexibility index (Phi) is 6.78. The Labute approximate surface area is 211 Å². The van der Waals surface area contributed by atoms with Gasteiger partial charge in [0.25, 0.3) is 5.91 Å². The lowest BCUT2D eigenvalue weighted by Crippen LogP contribution is -2.22. The topological polar surface area (TPSA) is 74.3 Å². The largest absolute Gasteiger partial charge is 0.348 e. The van der Waals surface area contributed by atoms with Crippen molar-refractivity contribution >= 4 is 28.3 Å². The van der Waals surface area contributed by atoms with Gasteiger partial charge in [0.2, 0.25) is 5.91 Å². The van der Waals surface area contributed by atoms with E-state index in [4.69, 9.17) is 0 Å². The molecule has 1 fully saturated rings. The van der Waals surface area contributed by atoms with Gasteiger partial charge in [-0.2, -0.15) is 0 Å². The predicted octanol–water partition coefficient (Wildman–Crippen LogP) is 4.97. The summed E-state index contributed by atoms with van der Waals surface area (Å²) in [6.45, 7) is 1.38. The molecule has 0 spiro atoms. The number of anilines is 1. The van der Waals surface area contributed by atoms with Crippen molar-refractivity contribution in [2.45, 2.75) is 25.4 Å². The van der Waals surface area contributed by atoms with E-state index in [0.29, 0.717) is 12.1 Å². The molecular weight excluding hydrogens is 448 g/mol. The van der Waals surface area contributed by atoms with E-state index in [1.54, 1.807) is 6.20 Å². The van der Waals surface area contributed by atoms with Crippen LogP contribution in [-0.4, -0.2) is 35.8 Å². The molecule has 2 atom stereocenters. The quantitative estimate of drug-likeness (QED) is 0.375. The van der Waals surface area contributed by atoms with Crippen LogP contribution < -0.4 is 10.6 Å². The van der Waals surface area contributed by atoms with Crippen LogP contribution in [0.15, 0.2) is 85.2 Å². The molecule has 5 rings (SSSR count). The number of benzene rings is 3. The maximum Gasteiger partial charge on any atom is 0.251 e. The molecule has 0 saturated heterocycles. The number of hydrogen-bond acceptors (Lipinski definition) is 4. The van der Waals surface area contributed by atoms with E-state index in [1.807, 2.05) is 68.8 Å². The summed E-state index contributed by atoms with van der Waals surface area (Å²) >= 11 is 0. The maximum absolute atomic E-state index is 12.8. The number of hydrogen-bond donors (Lipinski definition) is 2. The van der Waals surface area contributed by atoms with Gasteiger partial charge >= 0.3 is 0 Å². The van der Waals surface area contributed by atoms with E-state index in [9.17, 15) is 9.59 Å². The smallest absolute Gasteiger partial charge is 0.251 e. The molecule has 1 saturated carbocycles. The van der Waals surface area contributed by atoms with Gasteiger partial charge in [0.05, 0.1) is 0 Å². The highest BCUT2D eigenvalue weighted by atomic mass is 16.2. The van der Waals surface area contributed by atoms with Crippen LogP contribution in [0.5, 0.6) is 0 Å². The van der Waals surface area contributed by atoms with Crippen molar-refractivity contribution in [3.63, 3.8) is 0 Å². The summed E-state index contributed by atoms with van der Waals surface area (Å²) in [4.78, 5) is 31.6. The number of aromatic nitrogens is 1. The summed E-state index contributed by atoms with van der Waals surface area (Å²) in [7, 11) is 4.09. The number of rotatable bonds is 8. The fourth-order valence-electron chi connectivity index (χ4n) is 4.54. The van der Waals surface area contributed by atoms with Gasteiger partial charge < -0.3 is 15.5 Å². The van der Waals surface area contributed by atoms with Crippen LogP contribution in [0, 0.1) is 5.92 Å². The van der Waals surface area contributed by atoms with Crippen LogP contribution >= 0.6 is 0 Å². The fourth-order valence-corrected chi connectivity index (χ4v) is 4.54. The van der Waals surface area contributed by atoms with Crippen molar-refractivity contribution in [1.82, 2.24) is 15.2 Å². The Balaban J connectivity index is 1.13. The predicted molar refractivity (Wildman–Crippen MR) is 143 cm³/mol. The molecule has 6 heteroatoms. The van der Waals surface area contributed by atoms with E-state index in [1.165, 1.54) is 5.56 Å². The van der Waals surface area contributed by atoms with Gasteiger partial charge in [-0.05, 0) is 78.8 Å². The zero-order valence-electron chi connectivity index (χ0n) is 20.6. The summed E-state index contributed by atoms with van der Waals surface area (Å²) in [6, 6.07) is 23.7. The fraction of sp³-hybridized carbons (Fsp3) is 0.233. The Morgan fingerprint density at radius 1 is 0.917 bits per heavy atom. The molecule has 0 aliphatic heterocycles. The summed E-state index contributed by atoms with van der Waals surface area (Å²) in [6.07, 6.45) is 4.38. The molecule has 4 aromatic rings. The Bertz CT molecular complexity index is 1380. The summed E-state index contributed by atoms with van der Waals surface area (Å²) < 4.78 is 0. The number of carbonyl (C=O) groups excluding carboxylic acids is 2. The third kappa shape index (κ3) is 5.61. The first-order valence-corrected chi connectivity index (χ1v) is 12.2. The van der Waals surface area contributed by atoms with Gasteiger partial charge in [-0.15, -0.1) is 0 Å². The van der Waals surface area contributed by atoms with E-state index >= 15 is 0 Å². The maximum atomic E-state index is 12.8. The highest BCUT2D eigenvalue weighted by molar-refractivity contribution is 5.97. The van der Waals surface area contributed by atoms with Crippen LogP contribution in [0.1, 0.15) is 39.4 Å². The number of fused-ring (bicyclic) bond motifs is 1. The monoisotopic (exact) mass is 478 g/mol. The molecule has 1 aliphatic carbocycles. The molecule has 0 bridgehead atoms. The molecule has 1 heterocycles. The van der Waals surface area contributed by atoms with Crippen molar-refractivity contribution in [2.24, 2.45) is 5.92 Å². The second-order valence-electron chi connectivity index (χ2n) is 9.73. The SMILES string of the molecule is CN(C)Cc1ccc(CNC(=O)c2ccc(C3C[C@H]3C(=O)Nc3ccc4cnccc4c3)cc2)cc1. The lowest BCUT2D eigenvalue weighted by molar-refractivity contribution is -0.117. The van der Waals surface area contributed by atoms with Gasteiger partial charge in [-0.3, -0.25) is 14.6 Å². The van der Waals surface area contributed by atoms with Gasteiger partial charge in [-0.1, -0.05) is 42.5 Å². The second kappa shape index (κ2) is 10.3. The first-order valence-electron chi connectivity index (χ1n) is 12.2. The molecule has 182 valence electrons. The van der Waals surface area contributed by atoms with Crippen molar-refractivity contribution < 1.29 is 9.59 Å². The van der Waals surface area contributed by atoms with E-state index in [0.717, 1.165) is 40.6 Å². The number of amides is 2. The minimum atomic E-state index is -0.101. The van der Waals surface area contributed by atoms with E-state index < -0.39 is 0 Å². The molecule has 0 radical (unpaired) electrons.